The number of carbonyl (C=O) groups is 2. The molecule has 0 radical (unpaired) electrons. The van der Waals surface area contributed by atoms with Crippen molar-refractivity contribution in [1.29, 1.82) is 0 Å². The third-order valence-corrected chi connectivity index (χ3v) is 6.09. The van der Waals surface area contributed by atoms with E-state index in [1.807, 2.05) is 49.7 Å². The molecule has 2 aromatic rings. The number of aromatic nitrogens is 2. The van der Waals surface area contributed by atoms with Gasteiger partial charge in [0.1, 0.15) is 6.04 Å². The summed E-state index contributed by atoms with van der Waals surface area (Å²) in [5.74, 6) is -0.0831. The summed E-state index contributed by atoms with van der Waals surface area (Å²) < 4.78 is 1.97. The highest BCUT2D eigenvalue weighted by Gasteiger charge is 2.34. The van der Waals surface area contributed by atoms with Crippen LogP contribution in [-0.2, 0) is 11.3 Å². The third kappa shape index (κ3) is 5.85. The van der Waals surface area contributed by atoms with E-state index >= 15 is 0 Å². The van der Waals surface area contributed by atoms with Crippen LogP contribution in [0.15, 0.2) is 24.3 Å². The highest BCUT2D eigenvalue weighted by atomic mass is 16.3. The Morgan fingerprint density at radius 3 is 2.48 bits per heavy atom. The van der Waals surface area contributed by atoms with Crippen LogP contribution in [0.4, 0.5) is 0 Å². The van der Waals surface area contributed by atoms with Crippen molar-refractivity contribution in [2.45, 2.75) is 71.9 Å². The number of amides is 2. The van der Waals surface area contributed by atoms with Gasteiger partial charge in [-0.3, -0.25) is 14.3 Å². The number of rotatable bonds is 7. The maximum Gasteiger partial charge on any atom is 0.273 e. The predicted octanol–water partition coefficient (Wildman–Crippen LogP) is 3.26. The Morgan fingerprint density at radius 2 is 1.84 bits per heavy atom. The van der Waals surface area contributed by atoms with Crippen molar-refractivity contribution in [2.75, 3.05) is 13.2 Å². The maximum absolute atomic E-state index is 13.2. The summed E-state index contributed by atoms with van der Waals surface area (Å²) in [5, 5.41) is 20.1. The van der Waals surface area contributed by atoms with Gasteiger partial charge >= 0.3 is 0 Å². The number of fused-ring (bicyclic) bond motifs is 1. The molecule has 1 atom stereocenters. The minimum absolute atomic E-state index is 0.146. The van der Waals surface area contributed by atoms with Crippen LogP contribution in [0.25, 0.3) is 10.9 Å². The summed E-state index contributed by atoms with van der Waals surface area (Å²) in [7, 11) is 0. The van der Waals surface area contributed by atoms with Gasteiger partial charge in [0, 0.05) is 18.5 Å². The van der Waals surface area contributed by atoms with Gasteiger partial charge in [-0.1, -0.05) is 64.7 Å². The van der Waals surface area contributed by atoms with Gasteiger partial charge in [-0.05, 0) is 30.2 Å². The highest BCUT2D eigenvalue weighted by Crippen LogP contribution is 2.27. The molecule has 1 heterocycles. The monoisotopic (exact) mass is 428 g/mol. The summed E-state index contributed by atoms with van der Waals surface area (Å²) in [5.41, 5.74) is 0.816. The number of benzene rings is 1. The summed E-state index contributed by atoms with van der Waals surface area (Å²) in [4.78, 5) is 25.9. The summed E-state index contributed by atoms with van der Waals surface area (Å²) in [6, 6.07) is 7.06. The Bertz CT molecular complexity index is 892. The lowest BCUT2D eigenvalue weighted by Gasteiger charge is -2.30. The van der Waals surface area contributed by atoms with Crippen molar-refractivity contribution in [1.82, 2.24) is 20.4 Å². The van der Waals surface area contributed by atoms with Crippen molar-refractivity contribution in [2.24, 2.45) is 11.3 Å². The van der Waals surface area contributed by atoms with Gasteiger partial charge in [0.2, 0.25) is 5.91 Å². The third-order valence-electron chi connectivity index (χ3n) is 6.09. The molecule has 1 fully saturated rings. The van der Waals surface area contributed by atoms with E-state index in [9.17, 15) is 9.59 Å². The zero-order chi connectivity index (χ0) is 22.4. The molecule has 7 heteroatoms. The van der Waals surface area contributed by atoms with Crippen LogP contribution < -0.4 is 10.6 Å². The molecule has 3 N–H and O–H groups in total. The zero-order valence-corrected chi connectivity index (χ0v) is 19.0. The SMILES string of the molecule is CC(C)(C)C(NC(=O)c1nn(CC2CCCCCC2)c2ccccc12)C(=O)NCCO. The van der Waals surface area contributed by atoms with E-state index in [4.69, 9.17) is 10.2 Å². The molecule has 1 aromatic heterocycles. The smallest absolute Gasteiger partial charge is 0.273 e. The first-order valence-electron chi connectivity index (χ1n) is 11.5. The molecule has 3 rings (SSSR count). The lowest BCUT2D eigenvalue weighted by atomic mass is 9.86. The molecule has 0 saturated heterocycles. The molecule has 31 heavy (non-hydrogen) atoms. The van der Waals surface area contributed by atoms with E-state index in [0.29, 0.717) is 11.6 Å². The Hall–Kier alpha value is -2.41. The molecule has 1 aromatic carbocycles. The van der Waals surface area contributed by atoms with Gasteiger partial charge in [-0.15, -0.1) is 0 Å². The van der Waals surface area contributed by atoms with Crippen molar-refractivity contribution < 1.29 is 14.7 Å². The van der Waals surface area contributed by atoms with Crippen LogP contribution in [0.2, 0.25) is 0 Å². The number of aliphatic hydroxyl groups is 1. The van der Waals surface area contributed by atoms with Gasteiger partial charge in [0.05, 0.1) is 12.1 Å². The Kier molecular flexibility index (Phi) is 7.70. The maximum atomic E-state index is 13.2. The van der Waals surface area contributed by atoms with E-state index in [2.05, 4.69) is 10.6 Å². The number of nitrogens with one attached hydrogen (secondary N) is 2. The number of aliphatic hydroxyl groups excluding tert-OH is 1. The van der Waals surface area contributed by atoms with Crippen LogP contribution in [0.1, 0.15) is 69.8 Å². The number of hydrogen-bond acceptors (Lipinski definition) is 4. The number of para-hydroxylation sites is 1. The molecule has 7 nitrogen and oxygen atoms in total. The van der Waals surface area contributed by atoms with E-state index in [0.717, 1.165) is 17.4 Å². The molecule has 1 aliphatic carbocycles. The molecular weight excluding hydrogens is 392 g/mol. The molecule has 170 valence electrons. The fourth-order valence-electron chi connectivity index (χ4n) is 4.38. The minimum Gasteiger partial charge on any atom is -0.395 e. The van der Waals surface area contributed by atoms with E-state index in [1.54, 1.807) is 0 Å². The molecule has 1 saturated carbocycles. The average Bonchev–Trinajstić information content (AvgIpc) is 2.90. The number of nitrogens with zero attached hydrogens (tertiary/aromatic N) is 2. The first-order valence-corrected chi connectivity index (χ1v) is 11.5. The molecule has 1 aliphatic rings. The first kappa shape index (κ1) is 23.3. The largest absolute Gasteiger partial charge is 0.395 e. The average molecular weight is 429 g/mol. The van der Waals surface area contributed by atoms with E-state index < -0.39 is 11.5 Å². The number of carbonyl (C=O) groups excluding carboxylic acids is 2. The molecule has 0 bridgehead atoms. The van der Waals surface area contributed by atoms with E-state index in [-0.39, 0.29) is 25.0 Å². The molecule has 0 aliphatic heterocycles. The van der Waals surface area contributed by atoms with Crippen molar-refractivity contribution in [3.8, 4) is 0 Å². The second-order valence-electron chi connectivity index (χ2n) is 9.69. The Labute approximate surface area is 184 Å². The predicted molar refractivity (Wildman–Crippen MR) is 122 cm³/mol. The van der Waals surface area contributed by atoms with Crippen LogP contribution in [0.5, 0.6) is 0 Å². The second-order valence-corrected chi connectivity index (χ2v) is 9.69. The molecular formula is C24H36N4O3. The zero-order valence-electron chi connectivity index (χ0n) is 19.0. The van der Waals surface area contributed by atoms with Gasteiger partial charge in [-0.2, -0.15) is 5.10 Å². The van der Waals surface area contributed by atoms with E-state index in [1.165, 1.54) is 38.5 Å². The molecule has 0 spiro atoms. The normalized spacial score (nSPS) is 16.6. The molecule has 2 amide bonds. The fraction of sp³-hybridized carbons (Fsp3) is 0.625. The Morgan fingerprint density at radius 1 is 1.16 bits per heavy atom. The lowest BCUT2D eigenvalue weighted by Crippen LogP contribution is -2.54. The quantitative estimate of drug-likeness (QED) is 0.590. The summed E-state index contributed by atoms with van der Waals surface area (Å²) in [6.07, 6.45) is 7.52. The van der Waals surface area contributed by atoms with Gasteiger partial charge in [0.25, 0.3) is 5.91 Å². The van der Waals surface area contributed by atoms with Gasteiger partial charge in [0.15, 0.2) is 5.69 Å². The lowest BCUT2D eigenvalue weighted by molar-refractivity contribution is -0.125. The van der Waals surface area contributed by atoms with Crippen molar-refractivity contribution in [3.05, 3.63) is 30.0 Å². The van der Waals surface area contributed by atoms with Crippen molar-refractivity contribution >= 4 is 22.7 Å². The Balaban J connectivity index is 1.85. The second kappa shape index (κ2) is 10.3. The fourth-order valence-corrected chi connectivity index (χ4v) is 4.38. The standard InChI is InChI=1S/C24H36N4O3/c1-24(2,3)21(23(31)25-14-15-29)26-22(30)20-18-12-8-9-13-19(18)28(27-20)16-17-10-6-4-5-7-11-17/h8-9,12-13,17,21,29H,4-7,10-11,14-16H2,1-3H3,(H,25,31)(H,26,30). The van der Waals surface area contributed by atoms with Gasteiger partial charge in [-0.25, -0.2) is 0 Å². The topological polar surface area (TPSA) is 96.2 Å². The van der Waals surface area contributed by atoms with Crippen LogP contribution in [0.3, 0.4) is 0 Å². The molecule has 1 unspecified atom stereocenters. The minimum atomic E-state index is -0.739. The van der Waals surface area contributed by atoms with Crippen LogP contribution in [0, 0.1) is 11.3 Å². The highest BCUT2D eigenvalue weighted by molar-refractivity contribution is 6.06. The van der Waals surface area contributed by atoms with Crippen LogP contribution >= 0.6 is 0 Å². The summed E-state index contributed by atoms with van der Waals surface area (Å²) >= 11 is 0. The summed E-state index contributed by atoms with van der Waals surface area (Å²) in [6.45, 7) is 6.53. The van der Waals surface area contributed by atoms with Crippen molar-refractivity contribution in [3.63, 3.8) is 0 Å². The number of hydrogen-bond donors (Lipinski definition) is 3. The van der Waals surface area contributed by atoms with Gasteiger partial charge < -0.3 is 15.7 Å². The van der Waals surface area contributed by atoms with Crippen LogP contribution in [-0.4, -0.2) is 45.9 Å². The first-order chi connectivity index (χ1) is 14.8.